The molecule has 0 spiro atoms. The number of hydrogen-bond acceptors (Lipinski definition) is 6. The van der Waals surface area contributed by atoms with E-state index in [1.165, 1.54) is 12.7 Å². The van der Waals surface area contributed by atoms with E-state index in [2.05, 4.69) is 22.2 Å². The van der Waals surface area contributed by atoms with Crippen molar-refractivity contribution in [2.24, 2.45) is 0 Å². The molecular formula is C20H26N4O3. The average molecular weight is 370 g/mol. The molecule has 1 aromatic carbocycles. The Morgan fingerprint density at radius 1 is 1.19 bits per heavy atom. The molecule has 1 amide bonds. The highest BCUT2D eigenvalue weighted by atomic mass is 16.5. The van der Waals surface area contributed by atoms with Crippen molar-refractivity contribution in [2.75, 3.05) is 26.1 Å². The molecule has 0 saturated carbocycles. The van der Waals surface area contributed by atoms with Crippen LogP contribution in [-0.4, -0.2) is 47.6 Å². The second-order valence-electron chi connectivity index (χ2n) is 6.54. The molecule has 144 valence electrons. The van der Waals surface area contributed by atoms with Gasteiger partial charge in [0.05, 0.1) is 14.2 Å². The molecule has 1 atom stereocenters. The fourth-order valence-electron chi connectivity index (χ4n) is 3.44. The van der Waals surface area contributed by atoms with Gasteiger partial charge in [0.15, 0.2) is 11.5 Å². The highest BCUT2D eigenvalue weighted by molar-refractivity contribution is 5.93. The Balaban J connectivity index is 1.78. The number of carbonyl (C=O) groups is 1. The van der Waals surface area contributed by atoms with E-state index in [-0.39, 0.29) is 5.91 Å². The maximum Gasteiger partial charge on any atom is 0.272 e. The van der Waals surface area contributed by atoms with Crippen molar-refractivity contribution < 1.29 is 14.3 Å². The third-order valence-corrected chi connectivity index (χ3v) is 4.90. The first kappa shape index (κ1) is 18.9. The second kappa shape index (κ2) is 8.70. The zero-order valence-electron chi connectivity index (χ0n) is 16.1. The smallest absolute Gasteiger partial charge is 0.272 e. The summed E-state index contributed by atoms with van der Waals surface area (Å²) in [6, 6.07) is 7.49. The Morgan fingerprint density at radius 2 is 2.00 bits per heavy atom. The number of aromatic nitrogens is 2. The molecular weight excluding hydrogens is 344 g/mol. The van der Waals surface area contributed by atoms with Gasteiger partial charge in [0.2, 0.25) is 0 Å². The number of amides is 1. The third-order valence-electron chi connectivity index (χ3n) is 4.90. The van der Waals surface area contributed by atoms with Gasteiger partial charge in [-0.15, -0.1) is 0 Å². The van der Waals surface area contributed by atoms with Gasteiger partial charge >= 0.3 is 0 Å². The zero-order valence-corrected chi connectivity index (χ0v) is 16.1. The number of piperidine rings is 1. The van der Waals surface area contributed by atoms with Crippen LogP contribution in [0.4, 0.5) is 11.5 Å². The Kier molecular flexibility index (Phi) is 6.11. The van der Waals surface area contributed by atoms with Crippen LogP contribution in [0.5, 0.6) is 11.5 Å². The highest BCUT2D eigenvalue weighted by Crippen LogP contribution is 2.31. The summed E-state index contributed by atoms with van der Waals surface area (Å²) in [4.78, 5) is 23.3. The summed E-state index contributed by atoms with van der Waals surface area (Å²) in [6.45, 7) is 2.92. The van der Waals surface area contributed by atoms with Crippen LogP contribution >= 0.6 is 0 Å². The van der Waals surface area contributed by atoms with E-state index in [1.807, 2.05) is 23.1 Å². The number of ether oxygens (including phenoxy) is 2. The SMILES string of the molecule is CCC1CCCCN1C(=O)c1cc(Nc2ccc(OC)c(OC)c2)ncn1. The molecule has 3 rings (SSSR count). The summed E-state index contributed by atoms with van der Waals surface area (Å²) in [5.74, 6) is 1.80. The number of likely N-dealkylation sites (tertiary alicyclic amines) is 1. The fourth-order valence-corrected chi connectivity index (χ4v) is 3.44. The van der Waals surface area contributed by atoms with Gasteiger partial charge in [-0.05, 0) is 37.8 Å². The Labute approximate surface area is 159 Å². The van der Waals surface area contributed by atoms with Gasteiger partial charge in [0.25, 0.3) is 5.91 Å². The van der Waals surface area contributed by atoms with Gasteiger partial charge in [-0.25, -0.2) is 9.97 Å². The van der Waals surface area contributed by atoms with E-state index in [0.29, 0.717) is 29.1 Å². The predicted molar refractivity (Wildman–Crippen MR) is 104 cm³/mol. The van der Waals surface area contributed by atoms with Crippen molar-refractivity contribution in [3.05, 3.63) is 36.3 Å². The summed E-state index contributed by atoms with van der Waals surface area (Å²) in [5, 5.41) is 3.20. The van der Waals surface area contributed by atoms with Crippen molar-refractivity contribution in [1.29, 1.82) is 0 Å². The van der Waals surface area contributed by atoms with Crippen molar-refractivity contribution >= 4 is 17.4 Å². The van der Waals surface area contributed by atoms with Crippen LogP contribution in [0, 0.1) is 0 Å². The Morgan fingerprint density at radius 3 is 2.74 bits per heavy atom. The molecule has 1 N–H and O–H groups in total. The molecule has 1 aromatic heterocycles. The van der Waals surface area contributed by atoms with Gasteiger partial charge < -0.3 is 19.7 Å². The monoisotopic (exact) mass is 370 g/mol. The topological polar surface area (TPSA) is 76.6 Å². The Bertz CT molecular complexity index is 797. The van der Waals surface area contributed by atoms with Crippen molar-refractivity contribution in [3.63, 3.8) is 0 Å². The van der Waals surface area contributed by atoms with Crippen LogP contribution in [0.25, 0.3) is 0 Å². The molecule has 1 aliphatic heterocycles. The molecule has 7 heteroatoms. The highest BCUT2D eigenvalue weighted by Gasteiger charge is 2.27. The number of carbonyl (C=O) groups excluding carboxylic acids is 1. The van der Waals surface area contributed by atoms with E-state index in [9.17, 15) is 4.79 Å². The molecule has 0 aliphatic carbocycles. The largest absolute Gasteiger partial charge is 0.493 e. The third kappa shape index (κ3) is 4.30. The lowest BCUT2D eigenvalue weighted by molar-refractivity contribution is 0.0602. The predicted octanol–water partition coefficient (Wildman–Crippen LogP) is 3.64. The number of benzene rings is 1. The van der Waals surface area contributed by atoms with E-state index >= 15 is 0 Å². The van der Waals surface area contributed by atoms with Gasteiger partial charge in [0.1, 0.15) is 17.8 Å². The number of anilines is 2. The Hall–Kier alpha value is -2.83. The molecule has 1 unspecified atom stereocenters. The van der Waals surface area contributed by atoms with E-state index in [1.54, 1.807) is 20.3 Å². The maximum atomic E-state index is 12.9. The lowest BCUT2D eigenvalue weighted by Crippen LogP contribution is -2.43. The minimum Gasteiger partial charge on any atom is -0.493 e. The summed E-state index contributed by atoms with van der Waals surface area (Å²) >= 11 is 0. The molecule has 0 bridgehead atoms. The maximum absolute atomic E-state index is 12.9. The molecule has 1 saturated heterocycles. The summed E-state index contributed by atoms with van der Waals surface area (Å²) in [6.07, 6.45) is 5.67. The standard InChI is InChI=1S/C20H26N4O3/c1-4-15-7-5-6-10-24(15)20(25)16-12-19(22-13-21-16)23-14-8-9-17(26-2)18(11-14)27-3/h8-9,11-13,15H,4-7,10H2,1-3H3,(H,21,22,23). The molecule has 2 aromatic rings. The number of nitrogens with one attached hydrogen (secondary N) is 1. The molecule has 27 heavy (non-hydrogen) atoms. The van der Waals surface area contributed by atoms with Gasteiger partial charge in [-0.3, -0.25) is 4.79 Å². The molecule has 0 radical (unpaired) electrons. The number of methoxy groups -OCH3 is 2. The van der Waals surface area contributed by atoms with Crippen LogP contribution in [-0.2, 0) is 0 Å². The van der Waals surface area contributed by atoms with Crippen LogP contribution < -0.4 is 14.8 Å². The van der Waals surface area contributed by atoms with Crippen LogP contribution in [0.2, 0.25) is 0 Å². The van der Waals surface area contributed by atoms with Crippen LogP contribution in [0.3, 0.4) is 0 Å². The number of rotatable bonds is 6. The normalized spacial score (nSPS) is 16.7. The van der Waals surface area contributed by atoms with E-state index < -0.39 is 0 Å². The first-order valence-electron chi connectivity index (χ1n) is 9.28. The van der Waals surface area contributed by atoms with Crippen molar-refractivity contribution in [3.8, 4) is 11.5 Å². The van der Waals surface area contributed by atoms with Crippen LogP contribution in [0.1, 0.15) is 43.1 Å². The lowest BCUT2D eigenvalue weighted by Gasteiger charge is -2.35. The van der Waals surface area contributed by atoms with Crippen molar-refractivity contribution in [1.82, 2.24) is 14.9 Å². The fraction of sp³-hybridized carbons (Fsp3) is 0.450. The average Bonchev–Trinajstić information content (AvgIpc) is 2.73. The van der Waals surface area contributed by atoms with Gasteiger partial charge in [0, 0.05) is 30.4 Å². The number of hydrogen-bond donors (Lipinski definition) is 1. The summed E-state index contributed by atoms with van der Waals surface area (Å²) < 4.78 is 10.6. The van der Waals surface area contributed by atoms with E-state index in [0.717, 1.165) is 31.5 Å². The minimum absolute atomic E-state index is 0.0284. The van der Waals surface area contributed by atoms with E-state index in [4.69, 9.17) is 9.47 Å². The summed E-state index contributed by atoms with van der Waals surface area (Å²) in [7, 11) is 3.18. The van der Waals surface area contributed by atoms with Gasteiger partial charge in [-0.2, -0.15) is 0 Å². The lowest BCUT2D eigenvalue weighted by atomic mass is 9.99. The quantitative estimate of drug-likeness (QED) is 0.836. The first-order chi connectivity index (χ1) is 13.2. The number of nitrogens with zero attached hydrogens (tertiary/aromatic N) is 3. The zero-order chi connectivity index (χ0) is 19.2. The molecule has 2 heterocycles. The van der Waals surface area contributed by atoms with Gasteiger partial charge in [-0.1, -0.05) is 6.92 Å². The molecule has 1 fully saturated rings. The summed E-state index contributed by atoms with van der Waals surface area (Å²) in [5.41, 5.74) is 1.20. The van der Waals surface area contributed by atoms with Crippen LogP contribution in [0.15, 0.2) is 30.6 Å². The first-order valence-corrected chi connectivity index (χ1v) is 9.28. The molecule has 1 aliphatic rings. The minimum atomic E-state index is -0.0284. The molecule has 7 nitrogen and oxygen atoms in total. The van der Waals surface area contributed by atoms with Crippen molar-refractivity contribution in [2.45, 2.75) is 38.6 Å². The second-order valence-corrected chi connectivity index (χ2v) is 6.54.